The quantitative estimate of drug-likeness (QED) is 0.791. The van der Waals surface area contributed by atoms with E-state index < -0.39 is 18.7 Å². The number of esters is 1. The summed E-state index contributed by atoms with van der Waals surface area (Å²) in [7, 11) is 1.97. The van der Waals surface area contributed by atoms with Crippen molar-refractivity contribution in [2.24, 2.45) is 0 Å². The van der Waals surface area contributed by atoms with Crippen LogP contribution in [0, 0.1) is 0 Å². The van der Waals surface area contributed by atoms with Gasteiger partial charge >= 0.3 is 12.1 Å². The molecule has 3 rings (SSSR count). The molecule has 2 atom stereocenters. The maximum Gasteiger partial charge on any atom is 0.405 e. The van der Waals surface area contributed by atoms with Crippen LogP contribution in [0.3, 0.4) is 0 Å². The fraction of sp³-hybridized carbons (Fsp3) is 0.588. The van der Waals surface area contributed by atoms with E-state index in [2.05, 4.69) is 4.90 Å². The van der Waals surface area contributed by atoms with E-state index in [0.29, 0.717) is 24.2 Å². The number of piperidine rings is 1. The molecule has 0 aliphatic carbocycles. The molecule has 2 heterocycles. The predicted octanol–water partition coefficient (Wildman–Crippen LogP) is 3.03. The Morgan fingerprint density at radius 3 is 2.79 bits per heavy atom. The summed E-state index contributed by atoms with van der Waals surface area (Å²) in [4.78, 5) is 15.5. The van der Waals surface area contributed by atoms with Crippen LogP contribution < -0.4 is 4.90 Å². The Balaban J connectivity index is 1.98. The van der Waals surface area contributed by atoms with Crippen molar-refractivity contribution in [1.29, 1.82) is 0 Å². The summed E-state index contributed by atoms with van der Waals surface area (Å²) in [5, 5.41) is 0. The number of likely N-dealkylation sites (tertiary alicyclic amines) is 1. The minimum atomic E-state index is -4.25. The van der Waals surface area contributed by atoms with Crippen LogP contribution in [0.4, 0.5) is 18.9 Å². The molecule has 0 N–H and O–H groups in total. The molecule has 1 aromatic rings. The number of carbonyl (C=O) groups excluding carboxylic acids is 1. The minimum absolute atomic E-state index is 0.0181. The van der Waals surface area contributed by atoms with Crippen molar-refractivity contribution in [3.05, 3.63) is 29.3 Å². The van der Waals surface area contributed by atoms with E-state index in [1.54, 1.807) is 25.1 Å². The molecule has 1 fully saturated rings. The van der Waals surface area contributed by atoms with Crippen LogP contribution in [-0.4, -0.2) is 56.4 Å². The Kier molecular flexibility index (Phi) is 4.46. The number of anilines is 1. The van der Waals surface area contributed by atoms with Gasteiger partial charge in [-0.25, -0.2) is 4.79 Å². The molecule has 4 nitrogen and oxygen atoms in total. The molecule has 0 aromatic heterocycles. The van der Waals surface area contributed by atoms with Gasteiger partial charge in [0, 0.05) is 24.2 Å². The van der Waals surface area contributed by atoms with Crippen molar-refractivity contribution in [3.8, 4) is 0 Å². The standard InChI is InChI=1S/C17H21F3N2O2/c1-3-24-16(23)11-4-5-14-12(8-11)13-9-21(2)7-6-15(13)22(14)10-17(18,19)20/h4-5,8,13,15H,3,6-7,9-10H2,1-2H3. The molecule has 0 bridgehead atoms. The first-order chi connectivity index (χ1) is 11.3. The summed E-state index contributed by atoms with van der Waals surface area (Å²) < 4.78 is 44.1. The summed E-state index contributed by atoms with van der Waals surface area (Å²) in [6.07, 6.45) is -3.57. The van der Waals surface area contributed by atoms with Crippen molar-refractivity contribution in [2.75, 3.05) is 38.2 Å². The number of halogens is 3. The molecule has 0 radical (unpaired) electrons. The van der Waals surface area contributed by atoms with Gasteiger partial charge in [-0.1, -0.05) is 0 Å². The lowest BCUT2D eigenvalue weighted by Gasteiger charge is -2.37. The smallest absolute Gasteiger partial charge is 0.405 e. The lowest BCUT2D eigenvalue weighted by Crippen LogP contribution is -2.47. The summed E-state index contributed by atoms with van der Waals surface area (Å²) in [6.45, 7) is 2.50. The maximum atomic E-state index is 13.0. The highest BCUT2D eigenvalue weighted by atomic mass is 19.4. The summed E-state index contributed by atoms with van der Waals surface area (Å²) in [5.74, 6) is -0.453. The minimum Gasteiger partial charge on any atom is -0.462 e. The van der Waals surface area contributed by atoms with Crippen molar-refractivity contribution < 1.29 is 22.7 Å². The predicted molar refractivity (Wildman–Crippen MR) is 84.4 cm³/mol. The van der Waals surface area contributed by atoms with Gasteiger partial charge in [-0.15, -0.1) is 0 Å². The Morgan fingerprint density at radius 2 is 2.12 bits per heavy atom. The molecule has 0 amide bonds. The molecular weight excluding hydrogens is 321 g/mol. The number of hydrogen-bond acceptors (Lipinski definition) is 4. The van der Waals surface area contributed by atoms with E-state index in [1.807, 2.05) is 7.05 Å². The number of nitrogens with zero attached hydrogens (tertiary/aromatic N) is 2. The van der Waals surface area contributed by atoms with Crippen LogP contribution in [0.5, 0.6) is 0 Å². The largest absolute Gasteiger partial charge is 0.462 e. The van der Waals surface area contributed by atoms with Gasteiger partial charge in [0.15, 0.2) is 0 Å². The molecule has 0 spiro atoms. The van der Waals surface area contributed by atoms with Gasteiger partial charge in [0.25, 0.3) is 0 Å². The van der Waals surface area contributed by atoms with Crippen LogP contribution in [0.2, 0.25) is 0 Å². The van der Waals surface area contributed by atoms with E-state index >= 15 is 0 Å². The van der Waals surface area contributed by atoms with E-state index in [-0.39, 0.29) is 18.6 Å². The van der Waals surface area contributed by atoms with Crippen molar-refractivity contribution >= 4 is 11.7 Å². The number of alkyl halides is 3. The van der Waals surface area contributed by atoms with Crippen LogP contribution in [0.15, 0.2) is 18.2 Å². The van der Waals surface area contributed by atoms with Crippen molar-refractivity contribution in [2.45, 2.75) is 31.5 Å². The number of fused-ring (bicyclic) bond motifs is 3. The SMILES string of the molecule is CCOC(=O)c1ccc2c(c1)C1CN(C)CCC1N2CC(F)(F)F. The highest BCUT2D eigenvalue weighted by Gasteiger charge is 2.45. The Morgan fingerprint density at radius 1 is 1.38 bits per heavy atom. The zero-order chi connectivity index (χ0) is 17.5. The molecule has 1 aromatic carbocycles. The van der Waals surface area contributed by atoms with E-state index in [4.69, 9.17) is 4.74 Å². The zero-order valence-electron chi connectivity index (χ0n) is 13.8. The second-order valence-corrected chi connectivity index (χ2v) is 6.46. The summed E-state index contributed by atoms with van der Waals surface area (Å²) in [5.41, 5.74) is 1.81. The molecule has 7 heteroatoms. The number of benzene rings is 1. The molecule has 2 aliphatic heterocycles. The highest BCUT2D eigenvalue weighted by Crippen LogP contribution is 2.45. The van der Waals surface area contributed by atoms with E-state index in [9.17, 15) is 18.0 Å². The Labute approximate surface area is 139 Å². The molecule has 132 valence electrons. The summed E-state index contributed by atoms with van der Waals surface area (Å²) >= 11 is 0. The number of ether oxygens (including phenoxy) is 1. The molecule has 0 saturated carbocycles. The third-order valence-electron chi connectivity index (χ3n) is 4.78. The maximum absolute atomic E-state index is 13.0. The van der Waals surface area contributed by atoms with Crippen molar-refractivity contribution in [3.63, 3.8) is 0 Å². The fourth-order valence-corrected chi connectivity index (χ4v) is 3.81. The molecule has 2 aliphatic rings. The number of hydrogen-bond donors (Lipinski definition) is 0. The van der Waals surface area contributed by atoms with Gasteiger partial charge in [-0.2, -0.15) is 13.2 Å². The van der Waals surface area contributed by atoms with E-state index in [0.717, 1.165) is 12.1 Å². The van der Waals surface area contributed by atoms with Crippen molar-refractivity contribution in [1.82, 2.24) is 4.90 Å². The molecule has 1 saturated heterocycles. The van der Waals surface area contributed by atoms with Crippen LogP contribution in [0.25, 0.3) is 0 Å². The monoisotopic (exact) mass is 342 g/mol. The number of carbonyl (C=O) groups is 1. The molecule has 2 unspecified atom stereocenters. The second-order valence-electron chi connectivity index (χ2n) is 6.46. The second kappa shape index (κ2) is 6.27. The first-order valence-electron chi connectivity index (χ1n) is 8.13. The average molecular weight is 342 g/mol. The first-order valence-corrected chi connectivity index (χ1v) is 8.13. The van der Waals surface area contributed by atoms with Crippen LogP contribution in [-0.2, 0) is 4.74 Å². The average Bonchev–Trinajstić information content (AvgIpc) is 2.79. The van der Waals surface area contributed by atoms with Gasteiger partial charge in [-0.05, 0) is 50.7 Å². The lowest BCUT2D eigenvalue weighted by atomic mass is 9.88. The normalized spacial score (nSPS) is 23.8. The Bertz CT molecular complexity index is 633. The molecule has 24 heavy (non-hydrogen) atoms. The van der Waals surface area contributed by atoms with Gasteiger partial charge in [0.05, 0.1) is 12.2 Å². The van der Waals surface area contributed by atoms with Gasteiger partial charge in [0.2, 0.25) is 0 Å². The first kappa shape index (κ1) is 17.1. The fourth-order valence-electron chi connectivity index (χ4n) is 3.81. The van der Waals surface area contributed by atoms with Gasteiger partial charge in [-0.3, -0.25) is 0 Å². The van der Waals surface area contributed by atoms with E-state index in [1.165, 1.54) is 4.90 Å². The lowest BCUT2D eigenvalue weighted by molar-refractivity contribution is -0.120. The number of likely N-dealkylation sites (N-methyl/N-ethyl adjacent to an activating group) is 1. The Hall–Kier alpha value is -1.76. The number of rotatable bonds is 3. The third kappa shape index (κ3) is 3.22. The van der Waals surface area contributed by atoms with Gasteiger partial charge in [0.1, 0.15) is 6.54 Å². The third-order valence-corrected chi connectivity index (χ3v) is 4.78. The van der Waals surface area contributed by atoms with Gasteiger partial charge < -0.3 is 14.5 Å². The van der Waals surface area contributed by atoms with Crippen LogP contribution in [0.1, 0.15) is 35.2 Å². The molecular formula is C17H21F3N2O2. The topological polar surface area (TPSA) is 32.8 Å². The zero-order valence-corrected chi connectivity index (χ0v) is 13.8. The van der Waals surface area contributed by atoms with Crippen LogP contribution >= 0.6 is 0 Å². The summed E-state index contributed by atoms with van der Waals surface area (Å²) in [6, 6.07) is 4.73. The highest BCUT2D eigenvalue weighted by molar-refractivity contribution is 5.90.